The second-order valence-electron chi connectivity index (χ2n) is 6.70. The second-order valence-corrected chi connectivity index (χ2v) is 6.70. The molecule has 6 nitrogen and oxygen atoms in total. The number of H-pyrrole nitrogens is 1. The normalized spacial score (nSPS) is 20.6. The number of carbonyl (C=O) groups excluding carboxylic acids is 1. The Morgan fingerprint density at radius 1 is 1.44 bits per heavy atom. The molecule has 1 aliphatic carbocycles. The average Bonchev–Trinajstić information content (AvgIpc) is 3.25. The van der Waals surface area contributed by atoms with Crippen molar-refractivity contribution in [1.82, 2.24) is 24.8 Å². The highest BCUT2D eigenvalue weighted by Gasteiger charge is 2.28. The number of pyridine rings is 1. The van der Waals surface area contributed by atoms with E-state index in [1.807, 2.05) is 12.3 Å². The predicted octanol–water partition coefficient (Wildman–Crippen LogP) is 3.03. The van der Waals surface area contributed by atoms with Gasteiger partial charge in [-0.25, -0.2) is 9.97 Å². The van der Waals surface area contributed by atoms with E-state index < -0.39 is 0 Å². The van der Waals surface area contributed by atoms with Crippen LogP contribution in [0.4, 0.5) is 0 Å². The van der Waals surface area contributed by atoms with Crippen LogP contribution in [0.1, 0.15) is 48.8 Å². The Hall–Kier alpha value is -2.81. The van der Waals surface area contributed by atoms with Gasteiger partial charge in [0.15, 0.2) is 5.82 Å². The molecule has 25 heavy (non-hydrogen) atoms. The number of hydrogen-bond acceptors (Lipinski definition) is 3. The molecule has 4 rings (SSSR count). The Balaban J connectivity index is 1.84. The SMILES string of the molecule is C#CC[C@H]1CC[C@H](n2c(C(=O)NC)nc3cnc4[nH]ccc4c32)CC1. The van der Waals surface area contributed by atoms with Crippen molar-refractivity contribution in [1.29, 1.82) is 0 Å². The van der Waals surface area contributed by atoms with Crippen LogP contribution in [-0.4, -0.2) is 32.5 Å². The molecular weight excluding hydrogens is 314 g/mol. The molecule has 0 saturated heterocycles. The molecule has 0 atom stereocenters. The van der Waals surface area contributed by atoms with Crippen LogP contribution in [-0.2, 0) is 0 Å². The lowest BCUT2D eigenvalue weighted by atomic mass is 9.84. The number of imidazole rings is 1. The molecule has 3 aromatic rings. The minimum Gasteiger partial charge on any atom is -0.352 e. The van der Waals surface area contributed by atoms with Crippen LogP contribution < -0.4 is 5.32 Å². The maximum Gasteiger partial charge on any atom is 0.287 e. The van der Waals surface area contributed by atoms with Crippen LogP contribution in [0.5, 0.6) is 0 Å². The Bertz CT molecular complexity index is 969. The second kappa shape index (κ2) is 6.25. The summed E-state index contributed by atoms with van der Waals surface area (Å²) in [7, 11) is 1.64. The molecule has 1 aliphatic rings. The summed E-state index contributed by atoms with van der Waals surface area (Å²) in [6.07, 6.45) is 14.1. The van der Waals surface area contributed by atoms with E-state index in [-0.39, 0.29) is 11.9 Å². The highest BCUT2D eigenvalue weighted by atomic mass is 16.2. The number of rotatable bonds is 3. The van der Waals surface area contributed by atoms with Crippen molar-refractivity contribution in [3.63, 3.8) is 0 Å². The Morgan fingerprint density at radius 3 is 2.96 bits per heavy atom. The fraction of sp³-hybridized carbons (Fsp3) is 0.421. The summed E-state index contributed by atoms with van der Waals surface area (Å²) < 4.78 is 2.12. The van der Waals surface area contributed by atoms with Gasteiger partial charge in [0.2, 0.25) is 0 Å². The van der Waals surface area contributed by atoms with Gasteiger partial charge in [-0.15, -0.1) is 12.3 Å². The van der Waals surface area contributed by atoms with Gasteiger partial charge in [-0.1, -0.05) is 0 Å². The first-order valence-corrected chi connectivity index (χ1v) is 8.72. The maximum atomic E-state index is 12.4. The molecule has 0 radical (unpaired) electrons. The van der Waals surface area contributed by atoms with Crippen molar-refractivity contribution in [2.75, 3.05) is 7.05 Å². The van der Waals surface area contributed by atoms with E-state index in [4.69, 9.17) is 6.42 Å². The topological polar surface area (TPSA) is 75.6 Å². The van der Waals surface area contributed by atoms with E-state index >= 15 is 0 Å². The molecule has 1 amide bonds. The third-order valence-electron chi connectivity index (χ3n) is 5.25. The average molecular weight is 335 g/mol. The summed E-state index contributed by atoms with van der Waals surface area (Å²) in [5.41, 5.74) is 2.57. The van der Waals surface area contributed by atoms with Gasteiger partial charge in [-0.3, -0.25) is 4.79 Å². The van der Waals surface area contributed by atoms with Gasteiger partial charge < -0.3 is 14.9 Å². The van der Waals surface area contributed by atoms with E-state index in [2.05, 4.69) is 30.8 Å². The number of aromatic amines is 1. The zero-order chi connectivity index (χ0) is 17.4. The van der Waals surface area contributed by atoms with Crippen molar-refractivity contribution in [3.8, 4) is 12.3 Å². The van der Waals surface area contributed by atoms with Gasteiger partial charge >= 0.3 is 0 Å². The van der Waals surface area contributed by atoms with Crippen LogP contribution in [0.15, 0.2) is 18.5 Å². The minimum atomic E-state index is -0.161. The minimum absolute atomic E-state index is 0.161. The van der Waals surface area contributed by atoms with Crippen molar-refractivity contribution in [3.05, 3.63) is 24.3 Å². The number of nitrogens with one attached hydrogen (secondary N) is 2. The summed E-state index contributed by atoms with van der Waals surface area (Å²) in [4.78, 5) is 24.6. The van der Waals surface area contributed by atoms with Gasteiger partial charge in [-0.05, 0) is 37.7 Å². The fourth-order valence-electron chi connectivity index (χ4n) is 3.99. The zero-order valence-electron chi connectivity index (χ0n) is 14.2. The summed E-state index contributed by atoms with van der Waals surface area (Å²) in [6.45, 7) is 0. The van der Waals surface area contributed by atoms with Crippen molar-refractivity contribution >= 4 is 28.0 Å². The first kappa shape index (κ1) is 15.7. The molecule has 6 heteroatoms. The summed E-state index contributed by atoms with van der Waals surface area (Å²) in [5.74, 6) is 3.68. The van der Waals surface area contributed by atoms with Gasteiger partial charge in [0.1, 0.15) is 11.2 Å². The Labute approximate surface area is 146 Å². The third-order valence-corrected chi connectivity index (χ3v) is 5.25. The molecule has 0 unspecified atom stereocenters. The molecular formula is C19H21N5O. The van der Waals surface area contributed by atoms with E-state index in [0.717, 1.165) is 54.2 Å². The first-order chi connectivity index (χ1) is 12.2. The standard InChI is InChI=1S/C19H21N5O/c1-3-4-12-5-7-13(8-6-12)24-16-14-9-10-21-17(14)22-11-15(16)23-18(24)19(25)20-2/h1,9-13H,4-8H2,2H3,(H,20,25)(H,21,22)/t12-,13-. The van der Waals surface area contributed by atoms with Crippen LogP contribution in [0.3, 0.4) is 0 Å². The molecule has 0 aromatic carbocycles. The van der Waals surface area contributed by atoms with Crippen LogP contribution >= 0.6 is 0 Å². The molecule has 3 aromatic heterocycles. The summed E-state index contributed by atoms with van der Waals surface area (Å²) >= 11 is 0. The van der Waals surface area contributed by atoms with Gasteiger partial charge in [0, 0.05) is 31.1 Å². The van der Waals surface area contributed by atoms with E-state index in [0.29, 0.717) is 11.7 Å². The quantitative estimate of drug-likeness (QED) is 0.722. The van der Waals surface area contributed by atoms with Crippen LogP contribution in [0, 0.1) is 18.3 Å². The number of hydrogen-bond donors (Lipinski definition) is 2. The highest BCUT2D eigenvalue weighted by molar-refractivity contribution is 6.04. The van der Waals surface area contributed by atoms with Gasteiger partial charge in [-0.2, -0.15) is 0 Å². The number of nitrogens with zero attached hydrogens (tertiary/aromatic N) is 3. The van der Waals surface area contributed by atoms with Crippen molar-refractivity contribution in [2.45, 2.75) is 38.1 Å². The smallest absolute Gasteiger partial charge is 0.287 e. The molecule has 0 bridgehead atoms. The van der Waals surface area contributed by atoms with Gasteiger partial charge in [0.05, 0.1) is 11.7 Å². The highest BCUT2D eigenvalue weighted by Crippen LogP contribution is 2.37. The van der Waals surface area contributed by atoms with Crippen LogP contribution in [0.2, 0.25) is 0 Å². The summed E-state index contributed by atoms with van der Waals surface area (Å²) in [6, 6.07) is 2.26. The predicted molar refractivity (Wildman–Crippen MR) is 97.2 cm³/mol. The Morgan fingerprint density at radius 2 is 2.24 bits per heavy atom. The zero-order valence-corrected chi connectivity index (χ0v) is 14.2. The molecule has 2 N–H and O–H groups in total. The van der Waals surface area contributed by atoms with E-state index in [9.17, 15) is 4.79 Å². The number of terminal acetylenes is 1. The molecule has 1 fully saturated rings. The first-order valence-electron chi connectivity index (χ1n) is 8.72. The maximum absolute atomic E-state index is 12.4. The number of amides is 1. The lowest BCUT2D eigenvalue weighted by molar-refractivity contribution is 0.0944. The third kappa shape index (κ3) is 2.56. The number of fused-ring (bicyclic) bond motifs is 3. The molecule has 0 spiro atoms. The molecule has 3 heterocycles. The largest absolute Gasteiger partial charge is 0.352 e. The lowest BCUT2D eigenvalue weighted by Gasteiger charge is -2.29. The molecule has 1 saturated carbocycles. The number of carbonyl (C=O) groups is 1. The monoisotopic (exact) mass is 335 g/mol. The Kier molecular flexibility index (Phi) is 3.92. The molecule has 128 valence electrons. The van der Waals surface area contributed by atoms with Crippen molar-refractivity contribution < 1.29 is 4.79 Å². The molecule has 0 aliphatic heterocycles. The lowest BCUT2D eigenvalue weighted by Crippen LogP contribution is -2.26. The number of aromatic nitrogens is 4. The fourth-order valence-corrected chi connectivity index (χ4v) is 3.99. The van der Waals surface area contributed by atoms with E-state index in [1.165, 1.54) is 0 Å². The summed E-state index contributed by atoms with van der Waals surface area (Å²) in [5, 5.41) is 3.72. The van der Waals surface area contributed by atoms with Crippen LogP contribution in [0.25, 0.3) is 22.1 Å². The van der Waals surface area contributed by atoms with Gasteiger partial charge in [0.25, 0.3) is 5.91 Å². The van der Waals surface area contributed by atoms with Crippen molar-refractivity contribution in [2.24, 2.45) is 5.92 Å². The van der Waals surface area contributed by atoms with E-state index in [1.54, 1.807) is 13.2 Å².